The SMILES string of the molecule is CNC(=O)[C@@H](C)N(Cc1ccc(Cl)cc1)C(=O)CCN1C(=O)c2ccccc2S1(=O)=O. The van der Waals surface area contributed by atoms with Crippen molar-refractivity contribution in [2.75, 3.05) is 13.6 Å². The van der Waals surface area contributed by atoms with Crippen molar-refractivity contribution in [1.82, 2.24) is 14.5 Å². The van der Waals surface area contributed by atoms with Crippen molar-refractivity contribution in [3.63, 3.8) is 0 Å². The molecule has 1 heterocycles. The Kier molecular flexibility index (Phi) is 6.66. The summed E-state index contributed by atoms with van der Waals surface area (Å²) in [4.78, 5) is 39.0. The van der Waals surface area contributed by atoms with Crippen LogP contribution in [0, 0.1) is 0 Å². The fourth-order valence-corrected chi connectivity index (χ4v) is 5.07. The van der Waals surface area contributed by atoms with Crippen LogP contribution in [0.4, 0.5) is 0 Å². The minimum atomic E-state index is -4.00. The number of likely N-dealkylation sites (N-methyl/N-ethyl adjacent to an activating group) is 1. The van der Waals surface area contributed by atoms with Crippen LogP contribution in [0.1, 0.15) is 29.3 Å². The molecule has 0 spiro atoms. The molecule has 1 N–H and O–H groups in total. The molecular formula is C21H22ClN3O5S. The van der Waals surface area contributed by atoms with Gasteiger partial charge in [-0.05, 0) is 36.8 Å². The lowest BCUT2D eigenvalue weighted by molar-refractivity contribution is -0.140. The van der Waals surface area contributed by atoms with E-state index in [9.17, 15) is 22.8 Å². The first-order valence-electron chi connectivity index (χ1n) is 9.58. The standard InChI is InChI=1S/C21H22ClN3O5S/c1-14(20(27)23-2)24(13-15-7-9-16(22)10-8-15)19(26)11-12-25-21(28)17-5-3-4-6-18(17)31(25,29)30/h3-10,14H,11-13H2,1-2H3,(H,23,27)/t14-/m1/s1. The van der Waals surface area contributed by atoms with Crippen LogP contribution in [0.15, 0.2) is 53.4 Å². The zero-order valence-corrected chi connectivity index (χ0v) is 18.6. The third-order valence-corrected chi connectivity index (χ3v) is 7.21. The molecule has 31 heavy (non-hydrogen) atoms. The van der Waals surface area contributed by atoms with E-state index in [0.717, 1.165) is 5.56 Å². The van der Waals surface area contributed by atoms with Gasteiger partial charge >= 0.3 is 0 Å². The quantitative estimate of drug-likeness (QED) is 0.676. The fraction of sp³-hybridized carbons (Fsp3) is 0.286. The van der Waals surface area contributed by atoms with Gasteiger partial charge in [-0.15, -0.1) is 0 Å². The molecule has 8 nitrogen and oxygen atoms in total. The van der Waals surface area contributed by atoms with E-state index in [-0.39, 0.29) is 35.9 Å². The van der Waals surface area contributed by atoms with E-state index >= 15 is 0 Å². The highest BCUT2D eigenvalue weighted by Gasteiger charge is 2.41. The van der Waals surface area contributed by atoms with E-state index in [4.69, 9.17) is 11.6 Å². The lowest BCUT2D eigenvalue weighted by Gasteiger charge is -2.29. The third-order valence-electron chi connectivity index (χ3n) is 5.12. The fourth-order valence-electron chi connectivity index (χ4n) is 3.37. The second-order valence-corrected chi connectivity index (χ2v) is 9.33. The number of nitrogens with zero attached hydrogens (tertiary/aromatic N) is 2. The number of benzene rings is 2. The lowest BCUT2D eigenvalue weighted by atomic mass is 10.1. The topological polar surface area (TPSA) is 104 Å². The van der Waals surface area contributed by atoms with Crippen LogP contribution >= 0.6 is 11.6 Å². The first kappa shape index (κ1) is 22.8. The number of hydrogen-bond donors (Lipinski definition) is 1. The summed E-state index contributed by atoms with van der Waals surface area (Å²) < 4.78 is 26.1. The number of halogens is 1. The van der Waals surface area contributed by atoms with Gasteiger partial charge in [0.05, 0.1) is 5.56 Å². The minimum Gasteiger partial charge on any atom is -0.357 e. The smallest absolute Gasteiger partial charge is 0.269 e. The summed E-state index contributed by atoms with van der Waals surface area (Å²) in [6, 6.07) is 12.0. The number of amides is 3. The molecule has 2 aromatic rings. The van der Waals surface area contributed by atoms with Crippen LogP contribution in [0.3, 0.4) is 0 Å². The van der Waals surface area contributed by atoms with Crippen LogP contribution in [-0.4, -0.2) is 55.0 Å². The molecule has 0 bridgehead atoms. The van der Waals surface area contributed by atoms with E-state index in [1.165, 1.54) is 30.1 Å². The normalized spacial score (nSPS) is 15.3. The van der Waals surface area contributed by atoms with Crippen molar-refractivity contribution < 1.29 is 22.8 Å². The summed E-state index contributed by atoms with van der Waals surface area (Å²) in [6.45, 7) is 1.40. The van der Waals surface area contributed by atoms with Gasteiger partial charge in [0.1, 0.15) is 10.9 Å². The Morgan fingerprint density at radius 1 is 1.13 bits per heavy atom. The molecule has 0 radical (unpaired) electrons. The molecule has 0 aromatic heterocycles. The van der Waals surface area contributed by atoms with Crippen LogP contribution in [0.5, 0.6) is 0 Å². The summed E-state index contributed by atoms with van der Waals surface area (Å²) in [5.41, 5.74) is 0.845. The highest BCUT2D eigenvalue weighted by molar-refractivity contribution is 7.90. The average molecular weight is 464 g/mol. The summed E-state index contributed by atoms with van der Waals surface area (Å²) in [7, 11) is -2.53. The number of fused-ring (bicyclic) bond motifs is 1. The molecule has 164 valence electrons. The molecule has 0 fully saturated rings. The van der Waals surface area contributed by atoms with Crippen molar-refractivity contribution in [1.29, 1.82) is 0 Å². The van der Waals surface area contributed by atoms with E-state index in [2.05, 4.69) is 5.32 Å². The Morgan fingerprint density at radius 2 is 1.77 bits per heavy atom. The molecular weight excluding hydrogens is 442 g/mol. The van der Waals surface area contributed by atoms with Gasteiger partial charge < -0.3 is 10.2 Å². The van der Waals surface area contributed by atoms with E-state index < -0.39 is 27.9 Å². The maximum Gasteiger partial charge on any atom is 0.269 e. The van der Waals surface area contributed by atoms with E-state index in [0.29, 0.717) is 9.33 Å². The number of nitrogens with one attached hydrogen (secondary N) is 1. The second kappa shape index (κ2) is 9.07. The largest absolute Gasteiger partial charge is 0.357 e. The third kappa shape index (κ3) is 4.57. The maximum absolute atomic E-state index is 13.0. The monoisotopic (exact) mass is 463 g/mol. The van der Waals surface area contributed by atoms with Gasteiger partial charge in [-0.1, -0.05) is 35.9 Å². The molecule has 1 aliphatic heterocycles. The molecule has 0 saturated carbocycles. The molecule has 2 aromatic carbocycles. The van der Waals surface area contributed by atoms with Gasteiger partial charge in [-0.25, -0.2) is 12.7 Å². The Balaban J connectivity index is 1.78. The van der Waals surface area contributed by atoms with Crippen molar-refractivity contribution in [3.8, 4) is 0 Å². The van der Waals surface area contributed by atoms with Gasteiger partial charge in [0.15, 0.2) is 0 Å². The Bertz CT molecular complexity index is 1120. The Morgan fingerprint density at radius 3 is 2.39 bits per heavy atom. The predicted octanol–water partition coefficient (Wildman–Crippen LogP) is 2.04. The molecule has 1 aliphatic rings. The van der Waals surface area contributed by atoms with Gasteiger partial charge in [-0.3, -0.25) is 14.4 Å². The average Bonchev–Trinajstić information content (AvgIpc) is 2.96. The summed E-state index contributed by atoms with van der Waals surface area (Å²) in [6.07, 6.45) is -0.256. The molecule has 0 unspecified atom stereocenters. The molecule has 10 heteroatoms. The molecule has 0 saturated heterocycles. The second-order valence-electron chi connectivity index (χ2n) is 7.07. The minimum absolute atomic E-state index is 0.0656. The van der Waals surface area contributed by atoms with Crippen molar-refractivity contribution in [2.24, 2.45) is 0 Å². The number of rotatable bonds is 7. The number of carbonyl (C=O) groups is 3. The summed E-state index contributed by atoms with van der Waals surface area (Å²) >= 11 is 5.91. The zero-order chi connectivity index (χ0) is 22.8. The van der Waals surface area contributed by atoms with Gasteiger partial charge in [0, 0.05) is 31.6 Å². The van der Waals surface area contributed by atoms with Gasteiger partial charge in [-0.2, -0.15) is 0 Å². The summed E-state index contributed by atoms with van der Waals surface area (Å²) in [5, 5.41) is 3.05. The number of carbonyl (C=O) groups excluding carboxylic acids is 3. The van der Waals surface area contributed by atoms with Crippen LogP contribution in [0.2, 0.25) is 5.02 Å². The Labute approximate surface area is 185 Å². The van der Waals surface area contributed by atoms with E-state index in [1.54, 1.807) is 37.3 Å². The van der Waals surface area contributed by atoms with Crippen LogP contribution < -0.4 is 5.32 Å². The summed E-state index contributed by atoms with van der Waals surface area (Å²) in [5.74, 6) is -1.48. The lowest BCUT2D eigenvalue weighted by Crippen LogP contribution is -2.47. The van der Waals surface area contributed by atoms with Crippen LogP contribution in [0.25, 0.3) is 0 Å². The zero-order valence-electron chi connectivity index (χ0n) is 17.0. The first-order valence-corrected chi connectivity index (χ1v) is 11.4. The predicted molar refractivity (Wildman–Crippen MR) is 115 cm³/mol. The van der Waals surface area contributed by atoms with E-state index in [1.807, 2.05) is 0 Å². The Hall–Kier alpha value is -2.91. The number of hydrogen-bond acceptors (Lipinski definition) is 5. The highest BCUT2D eigenvalue weighted by Crippen LogP contribution is 2.30. The molecule has 3 rings (SSSR count). The van der Waals surface area contributed by atoms with Crippen molar-refractivity contribution in [3.05, 3.63) is 64.7 Å². The van der Waals surface area contributed by atoms with Gasteiger partial charge in [0.25, 0.3) is 15.9 Å². The maximum atomic E-state index is 13.0. The van der Waals surface area contributed by atoms with Crippen LogP contribution in [-0.2, 0) is 26.2 Å². The van der Waals surface area contributed by atoms with Crippen molar-refractivity contribution in [2.45, 2.75) is 30.8 Å². The highest BCUT2D eigenvalue weighted by atomic mass is 35.5. The van der Waals surface area contributed by atoms with Gasteiger partial charge in [0.2, 0.25) is 11.8 Å². The number of sulfonamides is 1. The first-order chi connectivity index (χ1) is 14.7. The van der Waals surface area contributed by atoms with Crippen molar-refractivity contribution >= 4 is 39.3 Å². The molecule has 3 amide bonds. The molecule has 1 atom stereocenters. The molecule has 0 aliphatic carbocycles.